The van der Waals surface area contributed by atoms with Gasteiger partial charge in [-0.1, -0.05) is 10.3 Å². The standard InChI is InChI=1S/C18H22N4O4S/c1-11-14(21-26-20-11)10-19-17(24)16-9-13-15(27-16)3-8-25-18(13)4-6-22(7-5-18)12(2)23/h9H,3-8,10H2,1-2H3,(H,19,24). The summed E-state index contributed by atoms with van der Waals surface area (Å²) in [5.41, 5.74) is 2.04. The summed E-state index contributed by atoms with van der Waals surface area (Å²) in [4.78, 5) is 28.0. The maximum Gasteiger partial charge on any atom is 0.261 e. The molecule has 144 valence electrons. The van der Waals surface area contributed by atoms with Crippen LogP contribution in [0.15, 0.2) is 10.7 Å². The maximum absolute atomic E-state index is 12.6. The lowest BCUT2D eigenvalue weighted by Gasteiger charge is -2.43. The van der Waals surface area contributed by atoms with Crippen LogP contribution in [-0.4, -0.2) is 46.7 Å². The zero-order valence-corrected chi connectivity index (χ0v) is 16.2. The van der Waals surface area contributed by atoms with Crippen molar-refractivity contribution in [1.82, 2.24) is 20.5 Å². The SMILES string of the molecule is CC(=O)N1CCC2(CC1)OCCc1sc(C(=O)NCc3nonc3C)cc12. The topological polar surface area (TPSA) is 97.6 Å². The van der Waals surface area contributed by atoms with E-state index in [1.54, 1.807) is 13.8 Å². The first kappa shape index (κ1) is 18.1. The van der Waals surface area contributed by atoms with Crippen LogP contribution in [0.1, 0.15) is 51.3 Å². The van der Waals surface area contributed by atoms with Crippen molar-refractivity contribution in [2.75, 3.05) is 19.7 Å². The average Bonchev–Trinajstić information content (AvgIpc) is 3.27. The van der Waals surface area contributed by atoms with Gasteiger partial charge in [-0.3, -0.25) is 9.59 Å². The molecular weight excluding hydrogens is 368 g/mol. The normalized spacial score (nSPS) is 18.4. The van der Waals surface area contributed by atoms with E-state index in [9.17, 15) is 9.59 Å². The highest BCUT2D eigenvalue weighted by atomic mass is 32.1. The molecule has 4 heterocycles. The molecule has 0 radical (unpaired) electrons. The monoisotopic (exact) mass is 390 g/mol. The van der Waals surface area contributed by atoms with Crippen molar-refractivity contribution >= 4 is 23.2 Å². The number of nitrogens with zero attached hydrogens (tertiary/aromatic N) is 3. The molecule has 0 atom stereocenters. The van der Waals surface area contributed by atoms with E-state index in [-0.39, 0.29) is 24.0 Å². The molecule has 0 aromatic carbocycles. The van der Waals surface area contributed by atoms with Gasteiger partial charge in [-0.05, 0) is 31.4 Å². The van der Waals surface area contributed by atoms with Gasteiger partial charge in [-0.25, -0.2) is 4.63 Å². The highest BCUT2D eigenvalue weighted by Crippen LogP contribution is 2.44. The number of nitrogens with one attached hydrogen (secondary N) is 1. The van der Waals surface area contributed by atoms with Crippen LogP contribution in [-0.2, 0) is 28.1 Å². The largest absolute Gasteiger partial charge is 0.370 e. The van der Waals surface area contributed by atoms with Crippen LogP contribution in [0.25, 0.3) is 0 Å². The number of thiophene rings is 1. The van der Waals surface area contributed by atoms with Gasteiger partial charge in [-0.15, -0.1) is 11.3 Å². The molecule has 4 rings (SSSR count). The van der Waals surface area contributed by atoms with Crippen molar-refractivity contribution in [3.05, 3.63) is 32.8 Å². The summed E-state index contributed by atoms with van der Waals surface area (Å²) >= 11 is 1.53. The minimum atomic E-state index is -0.374. The Hall–Kier alpha value is -2.26. The number of aryl methyl sites for hydroxylation is 1. The number of carbonyl (C=O) groups excluding carboxylic acids is 2. The van der Waals surface area contributed by atoms with Crippen LogP contribution in [0.4, 0.5) is 0 Å². The van der Waals surface area contributed by atoms with Crippen molar-refractivity contribution in [1.29, 1.82) is 0 Å². The molecule has 2 aromatic heterocycles. The number of piperidine rings is 1. The Balaban J connectivity index is 1.50. The van der Waals surface area contributed by atoms with E-state index in [1.165, 1.54) is 16.2 Å². The Morgan fingerprint density at radius 2 is 2.11 bits per heavy atom. The third-order valence-electron chi connectivity index (χ3n) is 5.41. The smallest absolute Gasteiger partial charge is 0.261 e. The molecule has 1 fully saturated rings. The molecule has 0 saturated carbocycles. The zero-order chi connectivity index (χ0) is 19.0. The second-order valence-electron chi connectivity index (χ2n) is 7.03. The van der Waals surface area contributed by atoms with Crippen LogP contribution < -0.4 is 5.32 Å². The van der Waals surface area contributed by atoms with Gasteiger partial charge in [0.2, 0.25) is 5.91 Å². The zero-order valence-electron chi connectivity index (χ0n) is 15.4. The Morgan fingerprint density at radius 3 is 2.78 bits per heavy atom. The molecule has 0 bridgehead atoms. The second kappa shape index (κ2) is 7.05. The molecule has 0 aliphatic carbocycles. The second-order valence-corrected chi connectivity index (χ2v) is 8.16. The fraction of sp³-hybridized carbons (Fsp3) is 0.556. The van der Waals surface area contributed by atoms with Gasteiger partial charge in [0.25, 0.3) is 5.91 Å². The van der Waals surface area contributed by atoms with Crippen molar-refractivity contribution in [3.8, 4) is 0 Å². The number of carbonyl (C=O) groups is 2. The summed E-state index contributed by atoms with van der Waals surface area (Å²) in [5, 5.41) is 10.4. The molecule has 0 unspecified atom stereocenters. The minimum absolute atomic E-state index is 0.101. The van der Waals surface area contributed by atoms with Crippen molar-refractivity contribution in [2.45, 2.75) is 45.3 Å². The van der Waals surface area contributed by atoms with E-state index in [2.05, 4.69) is 20.3 Å². The highest BCUT2D eigenvalue weighted by molar-refractivity contribution is 7.14. The first-order valence-corrected chi connectivity index (χ1v) is 9.89. The first-order chi connectivity index (χ1) is 13.0. The van der Waals surface area contributed by atoms with Crippen LogP contribution in [0.3, 0.4) is 0 Å². The van der Waals surface area contributed by atoms with E-state index < -0.39 is 0 Å². The summed E-state index contributed by atoms with van der Waals surface area (Å²) < 4.78 is 10.9. The molecule has 9 heteroatoms. The lowest BCUT2D eigenvalue weighted by molar-refractivity contribution is -0.138. The molecule has 27 heavy (non-hydrogen) atoms. The molecule has 1 N–H and O–H groups in total. The molecule has 2 aliphatic rings. The Kier molecular flexibility index (Phi) is 4.73. The third kappa shape index (κ3) is 3.37. The van der Waals surface area contributed by atoms with Gasteiger partial charge < -0.3 is 15.0 Å². The number of rotatable bonds is 3. The lowest BCUT2D eigenvalue weighted by Crippen LogP contribution is -2.47. The summed E-state index contributed by atoms with van der Waals surface area (Å²) in [6.07, 6.45) is 2.35. The van der Waals surface area contributed by atoms with E-state index in [4.69, 9.17) is 4.74 Å². The molecular formula is C18H22N4O4S. The molecule has 2 aromatic rings. The van der Waals surface area contributed by atoms with Crippen molar-refractivity contribution < 1.29 is 19.0 Å². The molecule has 8 nitrogen and oxygen atoms in total. The molecule has 2 aliphatic heterocycles. The van der Waals surface area contributed by atoms with Gasteiger partial charge in [-0.2, -0.15) is 0 Å². The Morgan fingerprint density at radius 1 is 1.33 bits per heavy atom. The summed E-state index contributed by atoms with van der Waals surface area (Å²) in [5.74, 6) is -0.0305. The van der Waals surface area contributed by atoms with Crippen molar-refractivity contribution in [3.63, 3.8) is 0 Å². The Bertz CT molecular complexity index is 867. The van der Waals surface area contributed by atoms with Gasteiger partial charge in [0.15, 0.2) is 0 Å². The fourth-order valence-electron chi connectivity index (χ4n) is 3.79. The van der Waals surface area contributed by atoms with Crippen LogP contribution >= 0.6 is 11.3 Å². The van der Waals surface area contributed by atoms with Crippen LogP contribution in [0.2, 0.25) is 0 Å². The predicted octanol–water partition coefficient (Wildman–Crippen LogP) is 1.78. The number of amides is 2. The Labute approximate surface area is 160 Å². The maximum atomic E-state index is 12.6. The van der Waals surface area contributed by atoms with Gasteiger partial charge in [0.1, 0.15) is 11.4 Å². The van der Waals surface area contributed by atoms with Crippen LogP contribution in [0.5, 0.6) is 0 Å². The lowest BCUT2D eigenvalue weighted by atomic mass is 9.82. The number of likely N-dealkylation sites (tertiary alicyclic amines) is 1. The number of hydrogen-bond acceptors (Lipinski definition) is 7. The average molecular weight is 390 g/mol. The molecule has 2 amide bonds. The predicted molar refractivity (Wildman–Crippen MR) is 97.3 cm³/mol. The van der Waals surface area contributed by atoms with Gasteiger partial charge >= 0.3 is 0 Å². The van der Waals surface area contributed by atoms with E-state index in [0.29, 0.717) is 36.0 Å². The first-order valence-electron chi connectivity index (χ1n) is 9.07. The fourth-order valence-corrected chi connectivity index (χ4v) is 4.93. The number of fused-ring (bicyclic) bond motifs is 2. The quantitative estimate of drug-likeness (QED) is 0.858. The van der Waals surface area contributed by atoms with Gasteiger partial charge in [0.05, 0.1) is 23.6 Å². The van der Waals surface area contributed by atoms with E-state index >= 15 is 0 Å². The highest BCUT2D eigenvalue weighted by Gasteiger charge is 2.42. The molecule has 1 spiro atoms. The van der Waals surface area contributed by atoms with E-state index in [0.717, 1.165) is 24.8 Å². The number of hydrogen-bond donors (Lipinski definition) is 1. The van der Waals surface area contributed by atoms with Crippen LogP contribution in [0, 0.1) is 6.92 Å². The summed E-state index contributed by atoms with van der Waals surface area (Å²) in [7, 11) is 0. The minimum Gasteiger partial charge on any atom is -0.370 e. The summed E-state index contributed by atoms with van der Waals surface area (Å²) in [6, 6.07) is 1.96. The van der Waals surface area contributed by atoms with Gasteiger partial charge in [0, 0.05) is 31.3 Å². The van der Waals surface area contributed by atoms with Crippen molar-refractivity contribution in [2.24, 2.45) is 0 Å². The molecule has 1 saturated heterocycles. The number of aromatic nitrogens is 2. The third-order valence-corrected chi connectivity index (χ3v) is 6.60. The summed E-state index contributed by atoms with van der Waals surface area (Å²) in [6.45, 7) is 5.69. The number of ether oxygens (including phenoxy) is 1. The van der Waals surface area contributed by atoms with E-state index in [1.807, 2.05) is 11.0 Å².